The largest absolute Gasteiger partial charge is 0.491 e. The lowest BCUT2D eigenvalue weighted by Gasteiger charge is -2.18. The molecular formula is C18H26N2O3. The number of hydrogen-bond acceptors (Lipinski definition) is 3. The molecule has 2 amide bonds. The fourth-order valence-corrected chi connectivity index (χ4v) is 2.29. The molecule has 5 heteroatoms. The molecule has 1 saturated carbocycles. The molecule has 1 aromatic carbocycles. The molecule has 126 valence electrons. The third kappa shape index (κ3) is 4.24. The molecule has 0 aliphatic heterocycles. The van der Waals surface area contributed by atoms with Gasteiger partial charge in [0.2, 0.25) is 11.8 Å². The number of carbonyl (C=O) groups is 2. The molecule has 0 spiro atoms. The first-order chi connectivity index (χ1) is 10.9. The molecule has 1 atom stereocenters. The number of amides is 2. The molecule has 1 aliphatic rings. The van der Waals surface area contributed by atoms with Crippen LogP contribution in [0.25, 0.3) is 0 Å². The molecule has 0 saturated heterocycles. The predicted octanol–water partition coefficient (Wildman–Crippen LogP) is 3.11. The Balaban J connectivity index is 1.97. The Hall–Kier alpha value is -2.04. The highest BCUT2D eigenvalue weighted by Crippen LogP contribution is 2.47. The van der Waals surface area contributed by atoms with Gasteiger partial charge < -0.3 is 15.4 Å². The predicted molar refractivity (Wildman–Crippen MR) is 90.4 cm³/mol. The highest BCUT2D eigenvalue weighted by molar-refractivity contribution is 6.13. The highest BCUT2D eigenvalue weighted by Gasteiger charge is 2.56. The van der Waals surface area contributed by atoms with E-state index in [9.17, 15) is 9.59 Å². The van der Waals surface area contributed by atoms with Crippen LogP contribution in [-0.2, 0) is 9.59 Å². The van der Waals surface area contributed by atoms with Gasteiger partial charge >= 0.3 is 0 Å². The average Bonchev–Trinajstić information content (AvgIpc) is 3.30. The van der Waals surface area contributed by atoms with E-state index in [1.807, 2.05) is 39.8 Å². The van der Waals surface area contributed by atoms with Gasteiger partial charge in [0.25, 0.3) is 0 Å². The van der Waals surface area contributed by atoms with E-state index in [0.29, 0.717) is 18.5 Å². The summed E-state index contributed by atoms with van der Waals surface area (Å²) in [6.07, 6.45) is 2.17. The zero-order chi connectivity index (χ0) is 17.0. The van der Waals surface area contributed by atoms with Crippen molar-refractivity contribution in [1.82, 2.24) is 5.32 Å². The second kappa shape index (κ2) is 7.02. The van der Waals surface area contributed by atoms with Crippen LogP contribution in [0.2, 0.25) is 0 Å². The van der Waals surface area contributed by atoms with E-state index in [1.165, 1.54) is 0 Å². The lowest BCUT2D eigenvalue weighted by Crippen LogP contribution is -2.43. The molecule has 0 heterocycles. The number of ether oxygens (including phenoxy) is 1. The first-order valence-electron chi connectivity index (χ1n) is 8.26. The van der Waals surface area contributed by atoms with Crippen molar-refractivity contribution < 1.29 is 14.3 Å². The van der Waals surface area contributed by atoms with Gasteiger partial charge in [-0.3, -0.25) is 9.59 Å². The number of benzene rings is 1. The summed E-state index contributed by atoms with van der Waals surface area (Å²) in [5.74, 6) is 0.369. The normalized spacial score (nSPS) is 16.6. The Morgan fingerprint density at radius 3 is 2.22 bits per heavy atom. The van der Waals surface area contributed by atoms with Crippen molar-refractivity contribution in [3.8, 4) is 5.75 Å². The molecule has 1 aliphatic carbocycles. The van der Waals surface area contributed by atoms with E-state index in [-0.39, 0.29) is 24.0 Å². The van der Waals surface area contributed by atoms with Crippen molar-refractivity contribution in [2.45, 2.75) is 59.1 Å². The van der Waals surface area contributed by atoms with E-state index in [2.05, 4.69) is 10.6 Å². The Bertz CT molecular complexity index is 562. The number of hydrogen-bond donors (Lipinski definition) is 2. The van der Waals surface area contributed by atoms with Crippen molar-refractivity contribution in [2.24, 2.45) is 5.41 Å². The van der Waals surface area contributed by atoms with Crippen molar-refractivity contribution in [1.29, 1.82) is 0 Å². The van der Waals surface area contributed by atoms with Crippen molar-refractivity contribution >= 4 is 17.5 Å². The minimum absolute atomic E-state index is 0.0836. The van der Waals surface area contributed by atoms with E-state index >= 15 is 0 Å². The average molecular weight is 318 g/mol. The molecule has 1 unspecified atom stereocenters. The maximum Gasteiger partial charge on any atom is 0.240 e. The van der Waals surface area contributed by atoms with Gasteiger partial charge in [0.15, 0.2) is 0 Å². The molecule has 1 aromatic rings. The van der Waals surface area contributed by atoms with Gasteiger partial charge in [-0.2, -0.15) is 0 Å². The first-order valence-corrected chi connectivity index (χ1v) is 8.26. The summed E-state index contributed by atoms with van der Waals surface area (Å²) < 4.78 is 5.57. The Kier molecular flexibility index (Phi) is 5.29. The SMILES string of the molecule is CCC(C)NC(=O)C1(C(=O)Nc2ccc(OC(C)C)cc2)CC1. The lowest BCUT2D eigenvalue weighted by atomic mass is 10.0. The number of rotatable bonds is 7. The summed E-state index contributed by atoms with van der Waals surface area (Å²) in [5, 5.41) is 5.75. The summed E-state index contributed by atoms with van der Waals surface area (Å²) in [7, 11) is 0. The fourth-order valence-electron chi connectivity index (χ4n) is 2.29. The summed E-state index contributed by atoms with van der Waals surface area (Å²) in [4.78, 5) is 24.8. The van der Waals surface area contributed by atoms with Crippen LogP contribution in [0.4, 0.5) is 5.69 Å². The summed E-state index contributed by atoms with van der Waals surface area (Å²) in [6.45, 7) is 7.87. The minimum Gasteiger partial charge on any atom is -0.491 e. The molecule has 23 heavy (non-hydrogen) atoms. The van der Waals surface area contributed by atoms with Crippen LogP contribution in [0.3, 0.4) is 0 Å². The Morgan fingerprint density at radius 2 is 1.74 bits per heavy atom. The second-order valence-corrected chi connectivity index (χ2v) is 6.51. The molecule has 0 radical (unpaired) electrons. The third-order valence-electron chi connectivity index (χ3n) is 4.09. The van der Waals surface area contributed by atoms with Crippen LogP contribution >= 0.6 is 0 Å². The van der Waals surface area contributed by atoms with Gasteiger partial charge in [-0.05, 0) is 64.3 Å². The van der Waals surface area contributed by atoms with Gasteiger partial charge in [-0.1, -0.05) is 6.92 Å². The van der Waals surface area contributed by atoms with Gasteiger partial charge in [0, 0.05) is 11.7 Å². The fraction of sp³-hybridized carbons (Fsp3) is 0.556. The van der Waals surface area contributed by atoms with Crippen LogP contribution in [-0.4, -0.2) is 24.0 Å². The molecule has 0 bridgehead atoms. The number of carbonyl (C=O) groups excluding carboxylic acids is 2. The molecule has 2 N–H and O–H groups in total. The van der Waals surface area contributed by atoms with E-state index < -0.39 is 5.41 Å². The van der Waals surface area contributed by atoms with E-state index in [0.717, 1.165) is 12.2 Å². The molecule has 2 rings (SSSR count). The number of anilines is 1. The highest BCUT2D eigenvalue weighted by atomic mass is 16.5. The van der Waals surface area contributed by atoms with E-state index in [4.69, 9.17) is 4.74 Å². The van der Waals surface area contributed by atoms with Crippen molar-refractivity contribution in [3.63, 3.8) is 0 Å². The lowest BCUT2D eigenvalue weighted by molar-refractivity contribution is -0.134. The smallest absolute Gasteiger partial charge is 0.240 e. The van der Waals surface area contributed by atoms with Gasteiger partial charge in [0.05, 0.1) is 6.10 Å². The summed E-state index contributed by atoms with van der Waals surface area (Å²) in [6, 6.07) is 7.29. The van der Waals surface area contributed by atoms with Gasteiger partial charge in [-0.15, -0.1) is 0 Å². The van der Waals surface area contributed by atoms with Gasteiger partial charge in [-0.25, -0.2) is 0 Å². The van der Waals surface area contributed by atoms with Crippen molar-refractivity contribution in [3.05, 3.63) is 24.3 Å². The van der Waals surface area contributed by atoms with Crippen LogP contribution < -0.4 is 15.4 Å². The second-order valence-electron chi connectivity index (χ2n) is 6.51. The van der Waals surface area contributed by atoms with E-state index in [1.54, 1.807) is 12.1 Å². The standard InChI is InChI=1S/C18H26N2O3/c1-5-13(4)19-16(21)18(10-11-18)17(22)20-14-6-8-15(9-7-14)23-12(2)3/h6-9,12-13H,5,10-11H2,1-4H3,(H,19,21)(H,20,22). The summed E-state index contributed by atoms with van der Waals surface area (Å²) >= 11 is 0. The third-order valence-corrected chi connectivity index (χ3v) is 4.09. The maximum atomic E-state index is 12.5. The van der Waals surface area contributed by atoms with Crippen LogP contribution in [0.5, 0.6) is 5.75 Å². The van der Waals surface area contributed by atoms with Crippen LogP contribution in [0, 0.1) is 5.41 Å². The first kappa shape index (κ1) is 17.3. The number of nitrogens with one attached hydrogen (secondary N) is 2. The van der Waals surface area contributed by atoms with Gasteiger partial charge in [0.1, 0.15) is 11.2 Å². The maximum absolute atomic E-state index is 12.5. The molecular weight excluding hydrogens is 292 g/mol. The Morgan fingerprint density at radius 1 is 1.13 bits per heavy atom. The minimum atomic E-state index is -0.892. The van der Waals surface area contributed by atoms with Crippen LogP contribution in [0.15, 0.2) is 24.3 Å². The Labute approximate surface area is 137 Å². The molecule has 5 nitrogen and oxygen atoms in total. The quantitative estimate of drug-likeness (QED) is 0.759. The zero-order valence-electron chi connectivity index (χ0n) is 14.3. The monoisotopic (exact) mass is 318 g/mol. The van der Waals surface area contributed by atoms with Crippen LogP contribution in [0.1, 0.15) is 47.0 Å². The van der Waals surface area contributed by atoms with Crippen molar-refractivity contribution in [2.75, 3.05) is 5.32 Å². The molecule has 0 aromatic heterocycles. The summed E-state index contributed by atoms with van der Waals surface area (Å²) in [5.41, 5.74) is -0.218. The zero-order valence-corrected chi connectivity index (χ0v) is 14.3. The topological polar surface area (TPSA) is 67.4 Å². The molecule has 1 fully saturated rings.